The van der Waals surface area contributed by atoms with Crippen LogP contribution < -0.4 is 4.90 Å². The zero-order valence-corrected chi connectivity index (χ0v) is 12.7. The van der Waals surface area contributed by atoms with Crippen LogP contribution >= 0.6 is 0 Å². The van der Waals surface area contributed by atoms with Gasteiger partial charge in [0.1, 0.15) is 11.9 Å². The molecule has 1 aromatic heterocycles. The summed E-state index contributed by atoms with van der Waals surface area (Å²) in [6.45, 7) is 5.16. The Morgan fingerprint density at radius 3 is 2.59 bits per heavy atom. The summed E-state index contributed by atoms with van der Waals surface area (Å²) in [5, 5.41) is 8.85. The summed E-state index contributed by atoms with van der Waals surface area (Å²) in [5.41, 5.74) is 1.98. The van der Waals surface area contributed by atoms with E-state index in [1.165, 1.54) is 5.56 Å². The Hall–Kier alpha value is -2.38. The molecule has 4 nitrogen and oxygen atoms in total. The maximum Gasteiger partial charge on any atom is 0.128 e. The van der Waals surface area contributed by atoms with E-state index in [9.17, 15) is 0 Å². The second-order valence-electron chi connectivity index (χ2n) is 5.62. The van der Waals surface area contributed by atoms with Crippen LogP contribution in [0, 0.1) is 11.3 Å². The molecule has 0 radical (unpaired) electrons. The standard InChI is InChI=1S/C18H20N4/c19-13-17-7-8-18(20-14-17)22-10-4-9-21(11-12-22)15-16-5-2-1-3-6-16/h1-3,5-8,14H,4,9-12,15H2. The average Bonchev–Trinajstić information content (AvgIpc) is 2.82. The minimum atomic E-state index is 0.615. The van der Waals surface area contributed by atoms with Gasteiger partial charge in [-0.3, -0.25) is 4.90 Å². The molecule has 1 aliphatic heterocycles. The van der Waals surface area contributed by atoms with E-state index in [0.29, 0.717) is 5.56 Å². The lowest BCUT2D eigenvalue weighted by Crippen LogP contribution is -2.30. The molecule has 2 heterocycles. The van der Waals surface area contributed by atoms with Crippen LogP contribution in [0.15, 0.2) is 48.7 Å². The van der Waals surface area contributed by atoms with Crippen LogP contribution in [0.5, 0.6) is 0 Å². The number of pyridine rings is 1. The lowest BCUT2D eigenvalue weighted by Gasteiger charge is -2.22. The van der Waals surface area contributed by atoms with E-state index in [1.54, 1.807) is 6.20 Å². The zero-order chi connectivity index (χ0) is 15.2. The molecule has 1 aliphatic rings. The van der Waals surface area contributed by atoms with Crippen LogP contribution in [0.1, 0.15) is 17.5 Å². The van der Waals surface area contributed by atoms with Gasteiger partial charge in [-0.2, -0.15) is 5.26 Å². The smallest absolute Gasteiger partial charge is 0.128 e. The Balaban J connectivity index is 1.61. The highest BCUT2D eigenvalue weighted by Crippen LogP contribution is 2.15. The fourth-order valence-corrected chi connectivity index (χ4v) is 2.84. The number of aromatic nitrogens is 1. The van der Waals surface area contributed by atoms with E-state index in [2.05, 4.69) is 51.2 Å². The number of hydrogen-bond donors (Lipinski definition) is 0. The maximum atomic E-state index is 8.85. The molecule has 3 rings (SSSR count). The van der Waals surface area contributed by atoms with Crippen LogP contribution in [0.3, 0.4) is 0 Å². The molecule has 0 bridgehead atoms. The summed E-state index contributed by atoms with van der Waals surface area (Å²) < 4.78 is 0. The van der Waals surface area contributed by atoms with E-state index >= 15 is 0 Å². The zero-order valence-electron chi connectivity index (χ0n) is 12.7. The lowest BCUT2D eigenvalue weighted by molar-refractivity contribution is 0.285. The molecule has 0 aliphatic carbocycles. The van der Waals surface area contributed by atoms with Gasteiger partial charge in [-0.25, -0.2) is 4.98 Å². The summed E-state index contributed by atoms with van der Waals surface area (Å²) in [4.78, 5) is 9.22. The van der Waals surface area contributed by atoms with Crippen molar-refractivity contribution in [3.05, 3.63) is 59.8 Å². The molecule has 0 unspecified atom stereocenters. The van der Waals surface area contributed by atoms with Gasteiger partial charge in [0.25, 0.3) is 0 Å². The molecule has 112 valence electrons. The average molecular weight is 292 g/mol. The first kappa shape index (κ1) is 14.6. The second kappa shape index (κ2) is 7.06. The van der Waals surface area contributed by atoms with E-state index in [0.717, 1.165) is 45.0 Å². The van der Waals surface area contributed by atoms with Crippen LogP contribution in [0.4, 0.5) is 5.82 Å². The fourth-order valence-electron chi connectivity index (χ4n) is 2.84. The Morgan fingerprint density at radius 2 is 1.86 bits per heavy atom. The highest BCUT2D eigenvalue weighted by Gasteiger charge is 2.16. The topological polar surface area (TPSA) is 43.2 Å². The van der Waals surface area contributed by atoms with Crippen LogP contribution in [-0.2, 0) is 6.54 Å². The number of nitrogens with zero attached hydrogens (tertiary/aromatic N) is 4. The molecule has 2 aromatic rings. The highest BCUT2D eigenvalue weighted by atomic mass is 15.2. The minimum Gasteiger partial charge on any atom is -0.355 e. The van der Waals surface area contributed by atoms with Gasteiger partial charge in [0.2, 0.25) is 0 Å². The monoisotopic (exact) mass is 292 g/mol. The van der Waals surface area contributed by atoms with Crippen LogP contribution in [0.25, 0.3) is 0 Å². The Kier molecular flexibility index (Phi) is 4.67. The van der Waals surface area contributed by atoms with Gasteiger partial charge in [-0.15, -0.1) is 0 Å². The maximum absolute atomic E-state index is 8.85. The summed E-state index contributed by atoms with van der Waals surface area (Å²) in [6.07, 6.45) is 2.79. The van der Waals surface area contributed by atoms with E-state index < -0.39 is 0 Å². The first-order chi connectivity index (χ1) is 10.8. The van der Waals surface area contributed by atoms with Gasteiger partial charge in [0, 0.05) is 38.9 Å². The molecule has 1 aromatic carbocycles. The van der Waals surface area contributed by atoms with Crippen molar-refractivity contribution < 1.29 is 0 Å². The Morgan fingerprint density at radius 1 is 1.00 bits per heavy atom. The van der Waals surface area contributed by atoms with Gasteiger partial charge in [0.15, 0.2) is 0 Å². The summed E-state index contributed by atoms with van der Waals surface area (Å²) in [7, 11) is 0. The van der Waals surface area contributed by atoms with Gasteiger partial charge in [-0.1, -0.05) is 30.3 Å². The van der Waals surface area contributed by atoms with Crippen molar-refractivity contribution in [2.45, 2.75) is 13.0 Å². The summed E-state index contributed by atoms with van der Waals surface area (Å²) in [6, 6.07) is 16.5. The molecule has 1 fully saturated rings. The fraction of sp³-hybridized carbons (Fsp3) is 0.333. The third-order valence-corrected chi connectivity index (χ3v) is 4.04. The molecule has 22 heavy (non-hydrogen) atoms. The number of hydrogen-bond acceptors (Lipinski definition) is 4. The highest BCUT2D eigenvalue weighted by molar-refractivity contribution is 5.42. The summed E-state index contributed by atoms with van der Waals surface area (Å²) in [5.74, 6) is 0.973. The van der Waals surface area contributed by atoms with Gasteiger partial charge in [-0.05, 0) is 24.1 Å². The SMILES string of the molecule is N#Cc1ccc(N2CCCN(Cc3ccccc3)CC2)nc1. The molecule has 0 spiro atoms. The van der Waals surface area contributed by atoms with Crippen molar-refractivity contribution in [2.24, 2.45) is 0 Å². The van der Waals surface area contributed by atoms with Crippen molar-refractivity contribution in [1.82, 2.24) is 9.88 Å². The summed E-state index contributed by atoms with van der Waals surface area (Å²) >= 11 is 0. The lowest BCUT2D eigenvalue weighted by atomic mass is 10.2. The van der Waals surface area contributed by atoms with Crippen molar-refractivity contribution in [2.75, 3.05) is 31.1 Å². The van der Waals surface area contributed by atoms with E-state index in [1.807, 2.05) is 12.1 Å². The molecule has 0 N–H and O–H groups in total. The first-order valence-corrected chi connectivity index (χ1v) is 7.72. The quantitative estimate of drug-likeness (QED) is 0.872. The molecule has 0 amide bonds. The molecule has 4 heteroatoms. The predicted octanol–water partition coefficient (Wildman–Crippen LogP) is 2.67. The number of benzene rings is 1. The van der Waals surface area contributed by atoms with Crippen molar-refractivity contribution in [3.63, 3.8) is 0 Å². The van der Waals surface area contributed by atoms with Crippen molar-refractivity contribution in [3.8, 4) is 6.07 Å². The van der Waals surface area contributed by atoms with Gasteiger partial charge < -0.3 is 4.90 Å². The van der Waals surface area contributed by atoms with E-state index in [-0.39, 0.29) is 0 Å². The molecule has 0 atom stereocenters. The van der Waals surface area contributed by atoms with Crippen LogP contribution in [0.2, 0.25) is 0 Å². The molecule has 1 saturated heterocycles. The first-order valence-electron chi connectivity index (χ1n) is 7.72. The Bertz CT molecular complexity index is 630. The third kappa shape index (κ3) is 3.63. The molecule has 0 saturated carbocycles. The molecular weight excluding hydrogens is 272 g/mol. The third-order valence-electron chi connectivity index (χ3n) is 4.04. The second-order valence-corrected chi connectivity index (χ2v) is 5.62. The number of rotatable bonds is 3. The Labute approximate surface area is 131 Å². The minimum absolute atomic E-state index is 0.615. The van der Waals surface area contributed by atoms with Crippen molar-refractivity contribution in [1.29, 1.82) is 5.26 Å². The predicted molar refractivity (Wildman–Crippen MR) is 87.5 cm³/mol. The van der Waals surface area contributed by atoms with Gasteiger partial charge in [0.05, 0.1) is 5.56 Å². The van der Waals surface area contributed by atoms with Crippen molar-refractivity contribution >= 4 is 5.82 Å². The normalized spacial score (nSPS) is 16.0. The molecular formula is C18H20N4. The largest absolute Gasteiger partial charge is 0.355 e. The number of nitriles is 1. The van der Waals surface area contributed by atoms with Crippen LogP contribution in [-0.4, -0.2) is 36.1 Å². The van der Waals surface area contributed by atoms with E-state index in [4.69, 9.17) is 5.26 Å². The van der Waals surface area contributed by atoms with Gasteiger partial charge >= 0.3 is 0 Å². The number of anilines is 1.